The number of carbonyl (C=O) groups is 1. The number of aryl methyl sites for hydroxylation is 1. The average molecular weight is 296 g/mol. The lowest BCUT2D eigenvalue weighted by Gasteiger charge is -2.33. The number of ether oxygens (including phenoxy) is 1. The Morgan fingerprint density at radius 3 is 1.95 bits per heavy atom. The van der Waals surface area contributed by atoms with E-state index in [4.69, 9.17) is 4.74 Å². The summed E-state index contributed by atoms with van der Waals surface area (Å²) in [7, 11) is 0. The van der Waals surface area contributed by atoms with Gasteiger partial charge in [-0.25, -0.2) is 0 Å². The molecule has 1 heterocycles. The number of hydrogen-bond acceptors (Lipinski definition) is 2. The van der Waals surface area contributed by atoms with Gasteiger partial charge in [-0.05, 0) is 36.5 Å². The largest absolute Gasteiger partial charge is 0.481 e. The molecule has 3 nitrogen and oxygen atoms in total. The Hall–Kier alpha value is -2.13. The molecule has 3 rings (SSSR count). The molecule has 0 atom stereocenters. The zero-order valence-corrected chi connectivity index (χ0v) is 12.7. The molecule has 0 saturated carbocycles. The first-order valence-corrected chi connectivity index (χ1v) is 7.60. The first-order chi connectivity index (χ1) is 10.6. The van der Waals surface area contributed by atoms with Gasteiger partial charge in [0.1, 0.15) is 0 Å². The van der Waals surface area contributed by atoms with Gasteiger partial charge in [0.15, 0.2) is 0 Å². The lowest BCUT2D eigenvalue weighted by atomic mass is 9.74. The summed E-state index contributed by atoms with van der Waals surface area (Å²) in [5.41, 5.74) is 3.56. The second-order valence-electron chi connectivity index (χ2n) is 5.94. The highest BCUT2D eigenvalue weighted by Crippen LogP contribution is 2.36. The van der Waals surface area contributed by atoms with Gasteiger partial charge in [-0.15, -0.1) is 0 Å². The predicted molar refractivity (Wildman–Crippen MR) is 86.0 cm³/mol. The summed E-state index contributed by atoms with van der Waals surface area (Å²) in [5.74, 6) is -0.751. The minimum Gasteiger partial charge on any atom is -0.481 e. The number of aliphatic carboxylic acids is 1. The molecule has 114 valence electrons. The molecule has 0 spiro atoms. The summed E-state index contributed by atoms with van der Waals surface area (Å²) in [5, 5.41) is 9.70. The molecule has 1 N–H and O–H groups in total. The van der Waals surface area contributed by atoms with Gasteiger partial charge in [-0.3, -0.25) is 4.79 Å². The SMILES string of the molecule is Cc1ccc(-c2ccc(C3(C(=O)O)CCOCC3)cc2)cc1. The average Bonchev–Trinajstić information content (AvgIpc) is 2.56. The van der Waals surface area contributed by atoms with E-state index < -0.39 is 11.4 Å². The van der Waals surface area contributed by atoms with Crippen LogP contribution in [0, 0.1) is 6.92 Å². The Morgan fingerprint density at radius 2 is 1.45 bits per heavy atom. The second-order valence-corrected chi connectivity index (χ2v) is 5.94. The van der Waals surface area contributed by atoms with E-state index in [2.05, 4.69) is 31.2 Å². The molecule has 2 aromatic carbocycles. The van der Waals surface area contributed by atoms with Crippen LogP contribution in [0.1, 0.15) is 24.0 Å². The summed E-state index contributed by atoms with van der Waals surface area (Å²) in [6, 6.07) is 16.3. The third-order valence-electron chi connectivity index (χ3n) is 4.58. The Balaban J connectivity index is 1.92. The zero-order chi connectivity index (χ0) is 15.6. The van der Waals surface area contributed by atoms with Crippen LogP contribution in [-0.2, 0) is 14.9 Å². The van der Waals surface area contributed by atoms with E-state index in [1.165, 1.54) is 5.56 Å². The molecule has 1 aliphatic heterocycles. The lowest BCUT2D eigenvalue weighted by molar-refractivity contribution is -0.147. The number of rotatable bonds is 3. The van der Waals surface area contributed by atoms with Crippen LogP contribution >= 0.6 is 0 Å². The molecule has 0 radical (unpaired) electrons. The van der Waals surface area contributed by atoms with Gasteiger partial charge in [0.25, 0.3) is 0 Å². The number of hydrogen-bond donors (Lipinski definition) is 1. The number of benzene rings is 2. The van der Waals surface area contributed by atoms with Crippen LogP contribution in [0.5, 0.6) is 0 Å². The maximum absolute atomic E-state index is 11.8. The fraction of sp³-hybridized carbons (Fsp3) is 0.316. The van der Waals surface area contributed by atoms with Crippen LogP contribution < -0.4 is 0 Å². The van der Waals surface area contributed by atoms with Crippen LogP contribution in [0.4, 0.5) is 0 Å². The van der Waals surface area contributed by atoms with Crippen LogP contribution in [0.3, 0.4) is 0 Å². The van der Waals surface area contributed by atoms with Crippen LogP contribution in [0.2, 0.25) is 0 Å². The molecule has 0 unspecified atom stereocenters. The first kappa shape index (κ1) is 14.8. The highest BCUT2D eigenvalue weighted by molar-refractivity contribution is 5.82. The molecule has 2 aromatic rings. The van der Waals surface area contributed by atoms with Crippen molar-refractivity contribution in [3.05, 3.63) is 59.7 Å². The quantitative estimate of drug-likeness (QED) is 0.937. The van der Waals surface area contributed by atoms with E-state index in [9.17, 15) is 9.90 Å². The Labute approximate surface area is 130 Å². The highest BCUT2D eigenvalue weighted by atomic mass is 16.5. The van der Waals surface area contributed by atoms with E-state index >= 15 is 0 Å². The molecular weight excluding hydrogens is 276 g/mol. The summed E-state index contributed by atoms with van der Waals surface area (Å²) < 4.78 is 5.34. The van der Waals surface area contributed by atoms with Crippen LogP contribution in [0.25, 0.3) is 11.1 Å². The zero-order valence-electron chi connectivity index (χ0n) is 12.7. The molecule has 1 aliphatic rings. The minimum absolute atomic E-state index is 0.506. The number of carboxylic acids is 1. The normalized spacial score (nSPS) is 17.1. The van der Waals surface area contributed by atoms with Gasteiger partial charge in [0.2, 0.25) is 0 Å². The molecule has 0 amide bonds. The van der Waals surface area contributed by atoms with Crippen molar-refractivity contribution in [2.24, 2.45) is 0 Å². The monoisotopic (exact) mass is 296 g/mol. The van der Waals surface area contributed by atoms with Gasteiger partial charge in [0.05, 0.1) is 5.41 Å². The molecule has 22 heavy (non-hydrogen) atoms. The topological polar surface area (TPSA) is 46.5 Å². The van der Waals surface area contributed by atoms with Crippen molar-refractivity contribution in [1.29, 1.82) is 0 Å². The Kier molecular flexibility index (Phi) is 3.99. The summed E-state index contributed by atoms with van der Waals surface area (Å²) in [4.78, 5) is 11.8. The third kappa shape index (κ3) is 2.64. The maximum atomic E-state index is 11.8. The second kappa shape index (κ2) is 5.93. The molecular formula is C19H20O3. The Bertz CT molecular complexity index is 650. The van der Waals surface area contributed by atoms with Crippen LogP contribution in [-0.4, -0.2) is 24.3 Å². The molecule has 1 saturated heterocycles. The van der Waals surface area contributed by atoms with Crippen molar-refractivity contribution in [2.75, 3.05) is 13.2 Å². The molecule has 0 bridgehead atoms. The number of carboxylic acid groups (broad SMARTS) is 1. The highest BCUT2D eigenvalue weighted by Gasteiger charge is 2.41. The maximum Gasteiger partial charge on any atom is 0.314 e. The van der Waals surface area contributed by atoms with Gasteiger partial charge in [0, 0.05) is 13.2 Å². The van der Waals surface area contributed by atoms with Crippen molar-refractivity contribution < 1.29 is 14.6 Å². The summed E-state index contributed by atoms with van der Waals surface area (Å²) in [6.45, 7) is 3.08. The van der Waals surface area contributed by atoms with Crippen molar-refractivity contribution in [1.82, 2.24) is 0 Å². The van der Waals surface area contributed by atoms with Crippen molar-refractivity contribution in [3.63, 3.8) is 0 Å². The third-order valence-corrected chi connectivity index (χ3v) is 4.58. The smallest absolute Gasteiger partial charge is 0.314 e. The van der Waals surface area contributed by atoms with Crippen LogP contribution in [0.15, 0.2) is 48.5 Å². The molecule has 0 aliphatic carbocycles. The fourth-order valence-corrected chi connectivity index (χ4v) is 3.07. The minimum atomic E-state index is -0.802. The van der Waals surface area contributed by atoms with E-state index in [0.717, 1.165) is 16.7 Å². The fourth-order valence-electron chi connectivity index (χ4n) is 3.07. The van der Waals surface area contributed by atoms with Gasteiger partial charge >= 0.3 is 5.97 Å². The summed E-state index contributed by atoms with van der Waals surface area (Å²) >= 11 is 0. The van der Waals surface area contributed by atoms with Crippen molar-refractivity contribution in [2.45, 2.75) is 25.2 Å². The first-order valence-electron chi connectivity index (χ1n) is 7.60. The molecule has 3 heteroatoms. The van der Waals surface area contributed by atoms with Gasteiger partial charge in [-0.1, -0.05) is 54.1 Å². The standard InChI is InChI=1S/C19H20O3/c1-14-2-4-15(5-3-14)16-6-8-17(9-7-16)19(18(20)21)10-12-22-13-11-19/h2-9H,10-13H2,1H3,(H,20,21). The van der Waals surface area contributed by atoms with Crippen molar-refractivity contribution in [3.8, 4) is 11.1 Å². The summed E-state index contributed by atoms with van der Waals surface area (Å²) in [6.07, 6.45) is 1.07. The van der Waals surface area contributed by atoms with Gasteiger partial charge in [-0.2, -0.15) is 0 Å². The van der Waals surface area contributed by atoms with E-state index in [0.29, 0.717) is 26.1 Å². The van der Waals surface area contributed by atoms with E-state index in [1.54, 1.807) is 0 Å². The predicted octanol–water partition coefficient (Wildman–Crippen LogP) is 3.79. The van der Waals surface area contributed by atoms with E-state index in [1.807, 2.05) is 24.3 Å². The molecule has 1 fully saturated rings. The Morgan fingerprint density at radius 1 is 0.955 bits per heavy atom. The van der Waals surface area contributed by atoms with Gasteiger partial charge < -0.3 is 9.84 Å². The molecule has 0 aromatic heterocycles. The lowest BCUT2D eigenvalue weighted by Crippen LogP contribution is -2.41. The van der Waals surface area contributed by atoms with E-state index in [-0.39, 0.29) is 0 Å². The van der Waals surface area contributed by atoms with Crippen molar-refractivity contribution >= 4 is 5.97 Å².